The predicted octanol–water partition coefficient (Wildman–Crippen LogP) is 1.92. The predicted molar refractivity (Wildman–Crippen MR) is 96.9 cm³/mol. The average molecular weight is 348 g/mol. The molecule has 140 valence electrons. The summed E-state index contributed by atoms with van der Waals surface area (Å²) < 4.78 is 0. The van der Waals surface area contributed by atoms with Gasteiger partial charge < -0.3 is 15.5 Å². The first kappa shape index (κ1) is 17.3. The molecule has 2 heterocycles. The fourth-order valence-electron chi connectivity index (χ4n) is 5.71. The van der Waals surface area contributed by atoms with Crippen LogP contribution in [0.1, 0.15) is 57.8 Å². The monoisotopic (exact) mass is 347 g/mol. The molecule has 0 aromatic carbocycles. The summed E-state index contributed by atoms with van der Waals surface area (Å²) in [7, 11) is 0. The normalized spacial score (nSPS) is 37.4. The number of carbonyl (C=O) groups is 2. The average Bonchev–Trinajstić information content (AvgIpc) is 3.37. The van der Waals surface area contributed by atoms with Gasteiger partial charge in [0.05, 0.1) is 6.04 Å². The molecular formula is C20H33N3O2. The number of rotatable bonds is 5. The molecule has 2 bridgehead atoms. The van der Waals surface area contributed by atoms with Gasteiger partial charge in [-0.05, 0) is 75.2 Å². The molecule has 2 saturated carbocycles. The number of hydrogen-bond acceptors (Lipinski definition) is 3. The van der Waals surface area contributed by atoms with Crippen molar-refractivity contribution in [3.8, 4) is 0 Å². The van der Waals surface area contributed by atoms with Gasteiger partial charge in [0.15, 0.2) is 0 Å². The molecule has 4 fully saturated rings. The number of nitrogens with zero attached hydrogens (tertiary/aromatic N) is 1. The summed E-state index contributed by atoms with van der Waals surface area (Å²) in [4.78, 5) is 27.0. The van der Waals surface area contributed by atoms with Crippen LogP contribution in [0, 0.1) is 23.7 Å². The summed E-state index contributed by atoms with van der Waals surface area (Å²) in [5.74, 6) is 3.32. The lowest BCUT2D eigenvalue weighted by atomic mass is 9.86. The van der Waals surface area contributed by atoms with Crippen LogP contribution in [0.15, 0.2) is 0 Å². The molecule has 0 unspecified atom stereocenters. The summed E-state index contributed by atoms with van der Waals surface area (Å²) in [6, 6.07) is -0.000820. The Kier molecular flexibility index (Phi) is 5.30. The Labute approximate surface area is 151 Å². The smallest absolute Gasteiger partial charge is 0.237 e. The van der Waals surface area contributed by atoms with Crippen LogP contribution in [0.2, 0.25) is 0 Å². The van der Waals surface area contributed by atoms with Gasteiger partial charge in [0.2, 0.25) is 11.8 Å². The third kappa shape index (κ3) is 4.02. The van der Waals surface area contributed by atoms with E-state index in [-0.39, 0.29) is 11.9 Å². The lowest BCUT2D eigenvalue weighted by Gasteiger charge is -2.34. The van der Waals surface area contributed by atoms with Crippen LogP contribution in [-0.4, -0.2) is 48.9 Å². The third-order valence-corrected chi connectivity index (χ3v) is 7.13. The highest BCUT2D eigenvalue weighted by molar-refractivity contribution is 5.82. The number of likely N-dealkylation sites (tertiary alicyclic amines) is 1. The van der Waals surface area contributed by atoms with Crippen LogP contribution in [0.25, 0.3) is 0 Å². The topological polar surface area (TPSA) is 61.4 Å². The van der Waals surface area contributed by atoms with Gasteiger partial charge >= 0.3 is 0 Å². The van der Waals surface area contributed by atoms with E-state index in [4.69, 9.17) is 0 Å². The lowest BCUT2D eigenvalue weighted by Crippen LogP contribution is -2.47. The summed E-state index contributed by atoms with van der Waals surface area (Å²) in [5.41, 5.74) is 0. The quantitative estimate of drug-likeness (QED) is 0.799. The van der Waals surface area contributed by atoms with E-state index in [1.807, 2.05) is 0 Å². The number of amides is 2. The second-order valence-corrected chi connectivity index (χ2v) is 8.88. The van der Waals surface area contributed by atoms with E-state index in [1.54, 1.807) is 0 Å². The maximum Gasteiger partial charge on any atom is 0.237 e. The Hall–Kier alpha value is -1.10. The van der Waals surface area contributed by atoms with Crippen LogP contribution >= 0.6 is 0 Å². The van der Waals surface area contributed by atoms with Crippen molar-refractivity contribution in [2.75, 3.05) is 26.2 Å². The lowest BCUT2D eigenvalue weighted by molar-refractivity contribution is -0.134. The van der Waals surface area contributed by atoms with E-state index in [0.717, 1.165) is 70.1 Å². The van der Waals surface area contributed by atoms with Gasteiger partial charge in [-0.25, -0.2) is 0 Å². The highest BCUT2D eigenvalue weighted by Crippen LogP contribution is 2.49. The van der Waals surface area contributed by atoms with Gasteiger partial charge in [0.1, 0.15) is 0 Å². The van der Waals surface area contributed by atoms with E-state index >= 15 is 0 Å². The maximum atomic E-state index is 12.8. The molecule has 0 aromatic rings. The molecule has 2 amide bonds. The number of nitrogens with one attached hydrogen (secondary N) is 2. The van der Waals surface area contributed by atoms with Crippen molar-refractivity contribution in [2.24, 2.45) is 23.7 Å². The summed E-state index contributed by atoms with van der Waals surface area (Å²) in [6.45, 7) is 3.41. The van der Waals surface area contributed by atoms with Crippen molar-refractivity contribution in [3.05, 3.63) is 0 Å². The Balaban J connectivity index is 1.21. The molecule has 2 aliphatic heterocycles. The summed E-state index contributed by atoms with van der Waals surface area (Å²) >= 11 is 0. The molecule has 0 radical (unpaired) electrons. The highest BCUT2D eigenvalue weighted by Gasteiger charge is 2.41. The second-order valence-electron chi connectivity index (χ2n) is 8.88. The highest BCUT2D eigenvalue weighted by atomic mass is 16.2. The van der Waals surface area contributed by atoms with Crippen molar-refractivity contribution in [3.63, 3.8) is 0 Å². The van der Waals surface area contributed by atoms with Gasteiger partial charge in [0, 0.05) is 26.1 Å². The van der Waals surface area contributed by atoms with Crippen molar-refractivity contribution in [1.29, 1.82) is 0 Å². The maximum absolute atomic E-state index is 12.8. The molecule has 2 aliphatic carbocycles. The van der Waals surface area contributed by atoms with E-state index in [0.29, 0.717) is 17.7 Å². The second kappa shape index (κ2) is 7.65. The fraction of sp³-hybridized carbons (Fsp3) is 0.900. The van der Waals surface area contributed by atoms with E-state index in [2.05, 4.69) is 15.5 Å². The van der Waals surface area contributed by atoms with Crippen LogP contribution < -0.4 is 10.6 Å². The Morgan fingerprint density at radius 2 is 2.00 bits per heavy atom. The zero-order valence-corrected chi connectivity index (χ0v) is 15.3. The van der Waals surface area contributed by atoms with Crippen molar-refractivity contribution < 1.29 is 9.59 Å². The summed E-state index contributed by atoms with van der Waals surface area (Å²) in [6.07, 6.45) is 10.4. The minimum Gasteiger partial charge on any atom is -0.354 e. The van der Waals surface area contributed by atoms with Gasteiger partial charge in [-0.1, -0.05) is 6.42 Å². The Bertz CT molecular complexity index is 503. The van der Waals surface area contributed by atoms with Gasteiger partial charge in [-0.15, -0.1) is 0 Å². The van der Waals surface area contributed by atoms with Crippen LogP contribution in [-0.2, 0) is 9.59 Å². The van der Waals surface area contributed by atoms with E-state index < -0.39 is 0 Å². The van der Waals surface area contributed by atoms with Gasteiger partial charge in [-0.2, -0.15) is 0 Å². The zero-order chi connectivity index (χ0) is 17.2. The van der Waals surface area contributed by atoms with E-state index in [1.165, 1.54) is 25.7 Å². The SMILES string of the molecule is O=C(NC[C@@H]1CCCN(C(=O)C[C@H]2C[C@H]3CC[C@H]2C3)C1)[C@@H]1CCCN1. The molecule has 2 N–H and O–H groups in total. The minimum atomic E-state index is -0.000820. The number of hydrogen-bond donors (Lipinski definition) is 2. The fourth-order valence-corrected chi connectivity index (χ4v) is 5.71. The minimum absolute atomic E-state index is 0.000820. The molecular weight excluding hydrogens is 314 g/mol. The van der Waals surface area contributed by atoms with Crippen LogP contribution in [0.4, 0.5) is 0 Å². The molecule has 4 rings (SSSR count). The Morgan fingerprint density at radius 1 is 1.08 bits per heavy atom. The zero-order valence-electron chi connectivity index (χ0n) is 15.3. The number of fused-ring (bicyclic) bond motifs is 2. The van der Waals surface area contributed by atoms with Crippen LogP contribution in [0.5, 0.6) is 0 Å². The molecule has 2 saturated heterocycles. The van der Waals surface area contributed by atoms with Crippen molar-refractivity contribution in [1.82, 2.24) is 15.5 Å². The molecule has 0 spiro atoms. The van der Waals surface area contributed by atoms with Crippen molar-refractivity contribution >= 4 is 11.8 Å². The molecule has 5 heteroatoms. The Morgan fingerprint density at radius 3 is 2.72 bits per heavy atom. The number of piperidine rings is 1. The first-order chi connectivity index (χ1) is 12.2. The standard InChI is InChI=1S/C20H33N3O2/c24-19(11-17-10-14-5-6-16(17)9-14)23-8-2-3-15(13-23)12-22-20(25)18-4-1-7-21-18/h14-18,21H,1-13H2,(H,22,25)/t14-,15-,16-,17+,18-/m0/s1. The first-order valence-corrected chi connectivity index (χ1v) is 10.5. The molecule has 25 heavy (non-hydrogen) atoms. The molecule has 4 aliphatic rings. The molecule has 5 atom stereocenters. The van der Waals surface area contributed by atoms with Crippen LogP contribution in [0.3, 0.4) is 0 Å². The van der Waals surface area contributed by atoms with E-state index in [9.17, 15) is 9.59 Å². The van der Waals surface area contributed by atoms with Crippen molar-refractivity contribution in [2.45, 2.75) is 63.8 Å². The van der Waals surface area contributed by atoms with Gasteiger partial charge in [0.25, 0.3) is 0 Å². The molecule has 5 nitrogen and oxygen atoms in total. The number of carbonyl (C=O) groups excluding carboxylic acids is 2. The largest absolute Gasteiger partial charge is 0.354 e. The summed E-state index contributed by atoms with van der Waals surface area (Å²) in [5, 5.41) is 6.36. The third-order valence-electron chi connectivity index (χ3n) is 7.13. The first-order valence-electron chi connectivity index (χ1n) is 10.5. The van der Waals surface area contributed by atoms with Gasteiger partial charge in [-0.3, -0.25) is 9.59 Å². The molecule has 0 aromatic heterocycles.